The Morgan fingerprint density at radius 2 is 1.63 bits per heavy atom. The lowest BCUT2D eigenvalue weighted by Gasteiger charge is -2.28. The summed E-state index contributed by atoms with van der Waals surface area (Å²) in [7, 11) is 0. The molecule has 4 aromatic rings. The monoisotopic (exact) mass is 511 g/mol. The third-order valence-corrected chi connectivity index (χ3v) is 6.98. The van der Waals surface area contributed by atoms with Gasteiger partial charge < -0.3 is 20.3 Å². The minimum atomic E-state index is -0.937. The maximum atomic E-state index is 11.3. The van der Waals surface area contributed by atoms with Crippen molar-refractivity contribution in [3.05, 3.63) is 107 Å². The van der Waals surface area contributed by atoms with Crippen molar-refractivity contribution >= 4 is 16.7 Å². The molecule has 4 rings (SSSR count). The number of β-amino-alcohol motifs (C(OH)–C–C–N with tert-alkyl or cyclic N) is 1. The zero-order valence-electron chi connectivity index (χ0n) is 22.6. The first-order valence-corrected chi connectivity index (χ1v) is 13.1. The Bertz CT molecular complexity index is 1410. The molecule has 0 aliphatic heterocycles. The number of carboxylic acids is 1. The van der Waals surface area contributed by atoms with Crippen molar-refractivity contribution in [2.24, 2.45) is 0 Å². The van der Waals surface area contributed by atoms with Crippen molar-refractivity contribution in [1.29, 1.82) is 0 Å². The first-order chi connectivity index (χ1) is 18.1. The molecule has 0 saturated heterocycles. The number of fused-ring (bicyclic) bond motifs is 1. The topological polar surface area (TPSA) is 78.8 Å². The highest BCUT2D eigenvalue weighted by atomic mass is 16.5. The van der Waals surface area contributed by atoms with Crippen LogP contribution in [-0.4, -0.2) is 41.0 Å². The minimum absolute atomic E-state index is 0.193. The molecule has 3 N–H and O–H groups in total. The molecule has 5 nitrogen and oxygen atoms in total. The maximum Gasteiger partial charge on any atom is 0.335 e. The number of carboxylic acid groups (broad SMARTS) is 1. The summed E-state index contributed by atoms with van der Waals surface area (Å²) >= 11 is 0. The van der Waals surface area contributed by atoms with Crippen molar-refractivity contribution < 1.29 is 19.7 Å². The number of benzene rings is 4. The van der Waals surface area contributed by atoms with E-state index in [2.05, 4.69) is 61.6 Å². The van der Waals surface area contributed by atoms with E-state index in [1.165, 1.54) is 16.3 Å². The zero-order chi connectivity index (χ0) is 27.3. The van der Waals surface area contributed by atoms with Crippen LogP contribution >= 0.6 is 0 Å². The molecule has 38 heavy (non-hydrogen) atoms. The van der Waals surface area contributed by atoms with Gasteiger partial charge in [-0.25, -0.2) is 4.79 Å². The normalized spacial score (nSPS) is 13.4. The van der Waals surface area contributed by atoms with Crippen LogP contribution in [0.1, 0.15) is 53.9 Å². The highest BCUT2D eigenvalue weighted by molar-refractivity contribution is 5.89. The summed E-state index contributed by atoms with van der Waals surface area (Å²) in [4.78, 5) is 11.3. The van der Waals surface area contributed by atoms with Crippen molar-refractivity contribution in [2.45, 2.75) is 51.9 Å². The summed E-state index contributed by atoms with van der Waals surface area (Å²) in [6.07, 6.45) is -0.0584. The molecule has 0 amide bonds. The highest BCUT2D eigenvalue weighted by Gasteiger charge is 2.21. The van der Waals surface area contributed by atoms with Gasteiger partial charge in [0.25, 0.3) is 0 Å². The van der Waals surface area contributed by atoms with E-state index in [9.17, 15) is 15.0 Å². The summed E-state index contributed by atoms with van der Waals surface area (Å²) in [6.45, 7) is 8.80. The molecule has 0 fully saturated rings. The molecular weight excluding hydrogens is 474 g/mol. The van der Waals surface area contributed by atoms with E-state index >= 15 is 0 Å². The van der Waals surface area contributed by atoms with Crippen molar-refractivity contribution in [3.8, 4) is 11.1 Å². The quantitative estimate of drug-likeness (QED) is 0.212. The van der Waals surface area contributed by atoms with Crippen LogP contribution in [0.3, 0.4) is 0 Å². The number of rotatable bonds is 11. The average Bonchev–Trinajstić information content (AvgIpc) is 2.90. The lowest BCUT2D eigenvalue weighted by molar-refractivity contribution is -0.00397. The van der Waals surface area contributed by atoms with E-state index in [4.69, 9.17) is 4.74 Å². The van der Waals surface area contributed by atoms with E-state index in [1.807, 2.05) is 44.2 Å². The number of carbonyl (C=O) groups is 1. The molecule has 0 aliphatic carbocycles. The van der Waals surface area contributed by atoms with Gasteiger partial charge in [-0.05, 0) is 84.8 Å². The lowest BCUT2D eigenvalue weighted by atomic mass is 9.92. The molecule has 0 aromatic heterocycles. The highest BCUT2D eigenvalue weighted by Crippen LogP contribution is 2.32. The number of hydrogen-bond acceptors (Lipinski definition) is 4. The van der Waals surface area contributed by atoms with E-state index < -0.39 is 12.1 Å². The third-order valence-electron chi connectivity index (χ3n) is 6.98. The van der Waals surface area contributed by atoms with E-state index in [1.54, 1.807) is 12.1 Å². The number of ether oxygens (including phenoxy) is 1. The molecule has 0 aliphatic rings. The third kappa shape index (κ3) is 6.87. The van der Waals surface area contributed by atoms with Gasteiger partial charge in [-0.1, -0.05) is 72.8 Å². The van der Waals surface area contributed by atoms with Gasteiger partial charge in [0.05, 0.1) is 24.4 Å². The average molecular weight is 512 g/mol. The molecule has 2 atom stereocenters. The predicted octanol–water partition coefficient (Wildman–Crippen LogP) is 6.56. The van der Waals surface area contributed by atoms with Gasteiger partial charge in [0.15, 0.2) is 0 Å². The summed E-state index contributed by atoms with van der Waals surface area (Å²) < 4.78 is 6.10. The Kier molecular flexibility index (Phi) is 8.62. The summed E-state index contributed by atoms with van der Waals surface area (Å²) in [5.41, 5.74) is 5.19. The number of aliphatic hydroxyl groups excluding tert-OH is 1. The fraction of sp³-hybridized carbons (Fsp3) is 0.303. The second kappa shape index (κ2) is 11.9. The standard InChI is InChI=1S/C33H37NO4/c1-22-17-27(32(36)37)15-16-29(22)31-12-8-7-11-30(31)23(2)38-21-28(35)20-34-33(3,4)19-24-13-14-25-9-5-6-10-26(25)18-24/h5-18,23,28,34-35H,19-21H2,1-4H3,(H,36,37)/t23?,28-/m1/s1. The fourth-order valence-corrected chi connectivity index (χ4v) is 4.92. The van der Waals surface area contributed by atoms with Gasteiger partial charge in [0, 0.05) is 12.1 Å². The summed E-state index contributed by atoms with van der Waals surface area (Å²) in [5.74, 6) is -0.937. The molecule has 1 unspecified atom stereocenters. The smallest absolute Gasteiger partial charge is 0.335 e. The van der Waals surface area contributed by atoms with Crippen LogP contribution in [0.4, 0.5) is 0 Å². The van der Waals surface area contributed by atoms with Crippen LogP contribution in [0.15, 0.2) is 84.9 Å². The molecule has 0 bridgehead atoms. The molecule has 0 spiro atoms. The molecule has 0 radical (unpaired) electrons. The molecule has 198 valence electrons. The van der Waals surface area contributed by atoms with Crippen LogP contribution in [0.5, 0.6) is 0 Å². The van der Waals surface area contributed by atoms with Crippen LogP contribution < -0.4 is 5.32 Å². The summed E-state index contributed by atoms with van der Waals surface area (Å²) in [6, 6.07) is 28.0. The van der Waals surface area contributed by atoms with Crippen LogP contribution in [0.25, 0.3) is 21.9 Å². The molecule has 4 aromatic carbocycles. The van der Waals surface area contributed by atoms with Gasteiger partial charge in [-0.3, -0.25) is 0 Å². The molecular formula is C33H37NO4. The van der Waals surface area contributed by atoms with Gasteiger partial charge in [0.1, 0.15) is 0 Å². The lowest BCUT2D eigenvalue weighted by Crippen LogP contribution is -2.46. The second-order valence-corrected chi connectivity index (χ2v) is 10.7. The van der Waals surface area contributed by atoms with Crippen LogP contribution in [0.2, 0.25) is 0 Å². The van der Waals surface area contributed by atoms with Gasteiger partial charge in [-0.2, -0.15) is 0 Å². The van der Waals surface area contributed by atoms with Crippen LogP contribution in [0, 0.1) is 6.92 Å². The number of aliphatic hydroxyl groups is 1. The molecule has 0 saturated carbocycles. The number of hydrogen-bond donors (Lipinski definition) is 3. The van der Waals surface area contributed by atoms with E-state index in [0.717, 1.165) is 28.7 Å². The first-order valence-electron chi connectivity index (χ1n) is 13.1. The Hall–Kier alpha value is -3.51. The first kappa shape index (κ1) is 27.5. The van der Waals surface area contributed by atoms with Gasteiger partial charge >= 0.3 is 5.97 Å². The molecule has 0 heterocycles. The largest absolute Gasteiger partial charge is 0.478 e. The van der Waals surface area contributed by atoms with Crippen LogP contribution in [-0.2, 0) is 11.2 Å². The number of aromatic carboxylic acids is 1. The van der Waals surface area contributed by atoms with Crippen molar-refractivity contribution in [3.63, 3.8) is 0 Å². The minimum Gasteiger partial charge on any atom is -0.478 e. The van der Waals surface area contributed by atoms with Gasteiger partial charge in [-0.15, -0.1) is 0 Å². The maximum absolute atomic E-state index is 11.3. The van der Waals surface area contributed by atoms with E-state index in [-0.39, 0.29) is 23.8 Å². The Morgan fingerprint density at radius 1 is 0.921 bits per heavy atom. The Morgan fingerprint density at radius 3 is 2.37 bits per heavy atom. The Balaban J connectivity index is 1.34. The van der Waals surface area contributed by atoms with E-state index in [0.29, 0.717) is 6.54 Å². The van der Waals surface area contributed by atoms with Crippen molar-refractivity contribution in [1.82, 2.24) is 5.32 Å². The number of nitrogens with one attached hydrogen (secondary N) is 1. The summed E-state index contributed by atoms with van der Waals surface area (Å²) in [5, 5.41) is 25.9. The molecule has 5 heteroatoms. The van der Waals surface area contributed by atoms with Gasteiger partial charge in [0.2, 0.25) is 0 Å². The zero-order valence-corrected chi connectivity index (χ0v) is 22.6. The second-order valence-electron chi connectivity index (χ2n) is 10.7. The number of aryl methyl sites for hydroxylation is 1. The fourth-order valence-electron chi connectivity index (χ4n) is 4.92. The van der Waals surface area contributed by atoms with Crippen molar-refractivity contribution in [2.75, 3.05) is 13.2 Å². The SMILES string of the molecule is Cc1cc(C(=O)O)ccc1-c1ccccc1C(C)OC[C@H](O)CNC(C)(C)Cc1ccc2ccccc2c1. The predicted molar refractivity (Wildman–Crippen MR) is 154 cm³/mol. The Labute approximate surface area is 225 Å².